The topological polar surface area (TPSA) is 26.3 Å². The van der Waals surface area contributed by atoms with Gasteiger partial charge < -0.3 is 4.74 Å². The Morgan fingerprint density at radius 3 is 2.70 bits per heavy atom. The summed E-state index contributed by atoms with van der Waals surface area (Å²) >= 11 is 0. The van der Waals surface area contributed by atoms with Crippen LogP contribution >= 0.6 is 0 Å². The van der Waals surface area contributed by atoms with Crippen molar-refractivity contribution in [2.24, 2.45) is 5.92 Å². The normalized spacial score (nSPS) is 32.2. The Bertz CT molecular complexity index is 136. The third kappa shape index (κ3) is 1.28. The van der Waals surface area contributed by atoms with Crippen LogP contribution in [-0.2, 0) is 9.53 Å². The van der Waals surface area contributed by atoms with Gasteiger partial charge in [0.15, 0.2) is 0 Å². The number of methoxy groups -OCH3 is 1. The zero-order valence-corrected chi connectivity index (χ0v) is 5.97. The van der Waals surface area contributed by atoms with Crippen LogP contribution in [0.5, 0.6) is 0 Å². The van der Waals surface area contributed by atoms with E-state index in [2.05, 4.69) is 4.74 Å². The summed E-state index contributed by atoms with van der Waals surface area (Å²) in [7, 11) is 1.30. The van der Waals surface area contributed by atoms with Gasteiger partial charge in [-0.05, 0) is 19.3 Å². The molecule has 0 heterocycles. The van der Waals surface area contributed by atoms with E-state index in [1.807, 2.05) is 0 Å². The van der Waals surface area contributed by atoms with Crippen molar-refractivity contribution in [2.75, 3.05) is 7.11 Å². The van der Waals surface area contributed by atoms with Crippen LogP contribution in [0.3, 0.4) is 0 Å². The Morgan fingerprint density at radius 1 is 1.60 bits per heavy atom. The second kappa shape index (κ2) is 2.99. The molecule has 0 aromatic carbocycles. The molecule has 0 N–H and O–H groups in total. The van der Waals surface area contributed by atoms with Crippen LogP contribution in [0.2, 0.25) is 0 Å². The van der Waals surface area contributed by atoms with Gasteiger partial charge in [0.1, 0.15) is 6.17 Å². The van der Waals surface area contributed by atoms with Gasteiger partial charge >= 0.3 is 5.97 Å². The van der Waals surface area contributed by atoms with E-state index >= 15 is 0 Å². The first-order valence-electron chi connectivity index (χ1n) is 3.47. The monoisotopic (exact) mass is 146 g/mol. The van der Waals surface area contributed by atoms with Crippen LogP contribution in [0.15, 0.2) is 0 Å². The zero-order chi connectivity index (χ0) is 7.56. The molecule has 2 atom stereocenters. The summed E-state index contributed by atoms with van der Waals surface area (Å²) in [6.45, 7) is 0. The number of halogens is 1. The molecule has 0 amide bonds. The number of hydrogen-bond donors (Lipinski definition) is 0. The molecule has 1 aliphatic carbocycles. The molecule has 0 radical (unpaired) electrons. The number of alkyl halides is 1. The molecule has 1 rings (SSSR count). The second-order valence-electron chi connectivity index (χ2n) is 2.58. The molecular weight excluding hydrogens is 135 g/mol. The predicted molar refractivity (Wildman–Crippen MR) is 34.3 cm³/mol. The number of hydrogen-bond acceptors (Lipinski definition) is 2. The Morgan fingerprint density at radius 2 is 2.30 bits per heavy atom. The number of esters is 1. The highest BCUT2D eigenvalue weighted by molar-refractivity contribution is 5.73. The van der Waals surface area contributed by atoms with Gasteiger partial charge in [0.2, 0.25) is 0 Å². The number of carbonyl (C=O) groups excluding carboxylic acids is 1. The van der Waals surface area contributed by atoms with E-state index in [1.54, 1.807) is 0 Å². The van der Waals surface area contributed by atoms with Gasteiger partial charge in [-0.15, -0.1) is 0 Å². The third-order valence-electron chi connectivity index (χ3n) is 1.94. The SMILES string of the molecule is COC(=O)[C@H]1CCCC1F. The number of carbonyl (C=O) groups is 1. The lowest BCUT2D eigenvalue weighted by atomic mass is 10.1. The van der Waals surface area contributed by atoms with Gasteiger partial charge in [0.25, 0.3) is 0 Å². The smallest absolute Gasteiger partial charge is 0.311 e. The van der Waals surface area contributed by atoms with Crippen LogP contribution in [0.4, 0.5) is 4.39 Å². The van der Waals surface area contributed by atoms with E-state index in [4.69, 9.17) is 0 Å². The van der Waals surface area contributed by atoms with Crippen molar-refractivity contribution in [1.29, 1.82) is 0 Å². The Kier molecular flexibility index (Phi) is 2.25. The number of ether oxygens (including phenoxy) is 1. The minimum absolute atomic E-state index is 0.398. The summed E-state index contributed by atoms with van der Waals surface area (Å²) in [4.78, 5) is 10.8. The highest BCUT2D eigenvalue weighted by atomic mass is 19.1. The molecule has 0 aromatic rings. The summed E-state index contributed by atoms with van der Waals surface area (Å²) in [5, 5.41) is 0. The molecule has 0 saturated heterocycles. The van der Waals surface area contributed by atoms with Gasteiger partial charge in [-0.25, -0.2) is 4.39 Å². The first-order valence-corrected chi connectivity index (χ1v) is 3.47. The molecule has 1 aliphatic rings. The lowest BCUT2D eigenvalue weighted by Crippen LogP contribution is -2.20. The molecule has 0 bridgehead atoms. The number of rotatable bonds is 1. The average Bonchev–Trinajstić information content (AvgIpc) is 2.34. The quantitative estimate of drug-likeness (QED) is 0.521. The molecule has 58 valence electrons. The molecule has 10 heavy (non-hydrogen) atoms. The fourth-order valence-corrected chi connectivity index (χ4v) is 1.33. The molecule has 3 heteroatoms. The summed E-state index contributed by atoms with van der Waals surface area (Å²) in [5.74, 6) is -0.880. The lowest BCUT2D eigenvalue weighted by Gasteiger charge is -2.08. The molecule has 1 fully saturated rings. The second-order valence-corrected chi connectivity index (χ2v) is 2.58. The van der Waals surface area contributed by atoms with Crippen molar-refractivity contribution in [3.8, 4) is 0 Å². The lowest BCUT2D eigenvalue weighted by molar-refractivity contribution is -0.146. The van der Waals surface area contributed by atoms with Crippen LogP contribution < -0.4 is 0 Å². The van der Waals surface area contributed by atoms with E-state index in [-0.39, 0.29) is 0 Å². The minimum atomic E-state index is -0.965. The Hall–Kier alpha value is -0.600. The maximum absolute atomic E-state index is 12.7. The minimum Gasteiger partial charge on any atom is -0.469 e. The van der Waals surface area contributed by atoms with E-state index in [9.17, 15) is 9.18 Å². The maximum Gasteiger partial charge on any atom is 0.311 e. The standard InChI is InChI=1S/C7H11FO2/c1-10-7(9)5-3-2-4-6(5)8/h5-6H,2-4H2,1H3/t5-,6?/m0/s1. The molecule has 0 aromatic heterocycles. The van der Waals surface area contributed by atoms with Crippen molar-refractivity contribution in [1.82, 2.24) is 0 Å². The van der Waals surface area contributed by atoms with Gasteiger partial charge in [0.05, 0.1) is 13.0 Å². The fraction of sp³-hybridized carbons (Fsp3) is 0.857. The molecule has 1 saturated carbocycles. The zero-order valence-electron chi connectivity index (χ0n) is 5.97. The fourth-order valence-electron chi connectivity index (χ4n) is 1.33. The average molecular weight is 146 g/mol. The molecule has 1 unspecified atom stereocenters. The van der Waals surface area contributed by atoms with Crippen LogP contribution in [-0.4, -0.2) is 19.3 Å². The third-order valence-corrected chi connectivity index (χ3v) is 1.94. The van der Waals surface area contributed by atoms with E-state index in [0.717, 1.165) is 6.42 Å². The van der Waals surface area contributed by atoms with Gasteiger partial charge in [-0.1, -0.05) is 0 Å². The van der Waals surface area contributed by atoms with Gasteiger partial charge in [0, 0.05) is 0 Å². The first kappa shape index (κ1) is 7.51. The highest BCUT2D eigenvalue weighted by Gasteiger charge is 2.33. The van der Waals surface area contributed by atoms with Crippen molar-refractivity contribution in [3.63, 3.8) is 0 Å². The summed E-state index contributed by atoms with van der Waals surface area (Å²) in [6.07, 6.45) is 1.00. The highest BCUT2D eigenvalue weighted by Crippen LogP contribution is 2.28. The molecule has 2 nitrogen and oxygen atoms in total. The maximum atomic E-state index is 12.7. The van der Waals surface area contributed by atoms with E-state index < -0.39 is 18.1 Å². The first-order chi connectivity index (χ1) is 4.75. The van der Waals surface area contributed by atoms with Crippen LogP contribution in [0.25, 0.3) is 0 Å². The molecular formula is C7H11FO2. The van der Waals surface area contributed by atoms with E-state index in [1.165, 1.54) is 7.11 Å². The van der Waals surface area contributed by atoms with Gasteiger partial charge in [-0.3, -0.25) is 4.79 Å². The van der Waals surface area contributed by atoms with Gasteiger partial charge in [-0.2, -0.15) is 0 Å². The summed E-state index contributed by atoms with van der Waals surface area (Å²) in [5.41, 5.74) is 0. The van der Waals surface area contributed by atoms with Crippen molar-refractivity contribution in [3.05, 3.63) is 0 Å². The Labute approximate surface area is 59.4 Å². The van der Waals surface area contributed by atoms with Crippen LogP contribution in [0, 0.1) is 5.92 Å². The van der Waals surface area contributed by atoms with Crippen molar-refractivity contribution >= 4 is 5.97 Å². The molecule has 0 spiro atoms. The predicted octanol–water partition coefficient (Wildman–Crippen LogP) is 1.30. The van der Waals surface area contributed by atoms with Crippen molar-refractivity contribution < 1.29 is 13.9 Å². The summed E-state index contributed by atoms with van der Waals surface area (Å²) < 4.78 is 17.2. The molecule has 0 aliphatic heterocycles. The van der Waals surface area contributed by atoms with Crippen molar-refractivity contribution in [2.45, 2.75) is 25.4 Å². The van der Waals surface area contributed by atoms with E-state index in [0.29, 0.717) is 12.8 Å². The Balaban J connectivity index is 2.46. The summed E-state index contributed by atoms with van der Waals surface area (Å²) in [6, 6.07) is 0. The van der Waals surface area contributed by atoms with Crippen LogP contribution in [0.1, 0.15) is 19.3 Å². The largest absolute Gasteiger partial charge is 0.469 e.